The summed E-state index contributed by atoms with van der Waals surface area (Å²) in [4.78, 5) is 18.3. The van der Waals surface area contributed by atoms with Gasteiger partial charge in [0, 0.05) is 25.5 Å². The third-order valence-electron chi connectivity index (χ3n) is 6.19. The lowest BCUT2D eigenvalue weighted by atomic mass is 9.78. The number of hydrogen-bond acceptors (Lipinski definition) is 7. The number of ether oxygens (including phenoxy) is 2. The first-order chi connectivity index (χ1) is 14.6. The zero-order chi connectivity index (χ0) is 20.7. The van der Waals surface area contributed by atoms with Crippen LogP contribution in [-0.4, -0.2) is 58.1 Å². The Kier molecular flexibility index (Phi) is 4.78. The molecule has 2 fully saturated rings. The van der Waals surface area contributed by atoms with Gasteiger partial charge in [0.1, 0.15) is 17.7 Å². The highest BCUT2D eigenvalue weighted by Crippen LogP contribution is 2.39. The zero-order valence-electron chi connectivity index (χ0n) is 16.7. The van der Waals surface area contributed by atoms with Crippen molar-refractivity contribution in [3.63, 3.8) is 0 Å². The van der Waals surface area contributed by atoms with E-state index in [0.29, 0.717) is 29.6 Å². The number of rotatable bonds is 4. The van der Waals surface area contributed by atoms with Crippen LogP contribution < -0.4 is 9.64 Å². The van der Waals surface area contributed by atoms with Crippen LogP contribution in [0.25, 0.3) is 5.65 Å². The van der Waals surface area contributed by atoms with E-state index in [2.05, 4.69) is 15.0 Å². The zero-order valence-corrected chi connectivity index (χ0v) is 16.7. The van der Waals surface area contributed by atoms with E-state index in [0.717, 1.165) is 31.0 Å². The Balaban J connectivity index is 1.28. The molecule has 8 heteroatoms. The highest BCUT2D eigenvalue weighted by atomic mass is 16.5. The van der Waals surface area contributed by atoms with E-state index < -0.39 is 12.1 Å². The number of aromatic nitrogens is 3. The number of fused-ring (bicyclic) bond motifs is 2. The van der Waals surface area contributed by atoms with Gasteiger partial charge in [-0.3, -0.25) is 0 Å². The van der Waals surface area contributed by atoms with Crippen molar-refractivity contribution in [1.82, 2.24) is 14.6 Å². The number of aliphatic hydroxyl groups excluding tert-OH is 1. The fourth-order valence-electron chi connectivity index (χ4n) is 4.67. The summed E-state index contributed by atoms with van der Waals surface area (Å²) in [6.07, 6.45) is 4.19. The minimum atomic E-state index is -0.544. The number of benzene rings is 1. The number of esters is 1. The third kappa shape index (κ3) is 3.47. The van der Waals surface area contributed by atoms with Crippen LogP contribution in [0.15, 0.2) is 48.8 Å². The lowest BCUT2D eigenvalue weighted by molar-refractivity contribution is -0.0231. The number of carbonyl (C=O) groups excluding carboxylic acids is 1. The Labute approximate surface area is 174 Å². The summed E-state index contributed by atoms with van der Waals surface area (Å²) in [7, 11) is 1.35. The second-order valence-corrected chi connectivity index (χ2v) is 8.06. The van der Waals surface area contributed by atoms with Gasteiger partial charge >= 0.3 is 5.97 Å². The SMILES string of the molecule is COC(=O)c1cccc(O[C@@H]2C[C@@H]3CN(c4ccc5nccn5n4)C[C@@H]3C[C@H]2O)c1. The first-order valence-corrected chi connectivity index (χ1v) is 10.2. The van der Waals surface area contributed by atoms with Gasteiger partial charge in [0.15, 0.2) is 5.65 Å². The standard InChI is InChI=1S/C22H24N4O4/c1-29-22(28)14-3-2-4-17(9-14)30-19-11-16-13-25(12-15(16)10-18(19)27)21-6-5-20-23-7-8-26(20)24-21/h2-9,15-16,18-19,27H,10-13H2,1H3/t15-,16+,18+,19+/m0/s1. The molecule has 0 unspecified atom stereocenters. The minimum Gasteiger partial charge on any atom is -0.488 e. The smallest absolute Gasteiger partial charge is 0.337 e. The topological polar surface area (TPSA) is 89.2 Å². The molecule has 8 nitrogen and oxygen atoms in total. The van der Waals surface area contributed by atoms with E-state index >= 15 is 0 Å². The molecule has 0 spiro atoms. The maximum absolute atomic E-state index is 11.8. The molecule has 1 saturated heterocycles. The summed E-state index contributed by atoms with van der Waals surface area (Å²) in [5.74, 6) is 1.91. The first-order valence-electron chi connectivity index (χ1n) is 10.2. The van der Waals surface area contributed by atoms with Crippen molar-refractivity contribution in [2.24, 2.45) is 11.8 Å². The summed E-state index contributed by atoms with van der Waals surface area (Å²) < 4.78 is 12.7. The van der Waals surface area contributed by atoms with Crippen molar-refractivity contribution in [2.75, 3.05) is 25.1 Å². The quantitative estimate of drug-likeness (QED) is 0.662. The molecule has 2 aromatic heterocycles. The maximum atomic E-state index is 11.8. The van der Waals surface area contributed by atoms with E-state index in [-0.39, 0.29) is 6.10 Å². The van der Waals surface area contributed by atoms with Crippen molar-refractivity contribution in [2.45, 2.75) is 25.0 Å². The second kappa shape index (κ2) is 7.60. The summed E-state index contributed by atoms with van der Waals surface area (Å²) in [5.41, 5.74) is 1.26. The molecular formula is C22H24N4O4. The average Bonchev–Trinajstić information content (AvgIpc) is 3.39. The van der Waals surface area contributed by atoms with Crippen LogP contribution in [-0.2, 0) is 4.74 Å². The van der Waals surface area contributed by atoms with Gasteiger partial charge in [-0.2, -0.15) is 0 Å². The lowest BCUT2D eigenvalue weighted by Crippen LogP contribution is -2.42. The predicted octanol–water partition coefficient (Wildman–Crippen LogP) is 2.17. The number of hydrogen-bond donors (Lipinski definition) is 1. The van der Waals surface area contributed by atoms with Crippen LogP contribution in [0.5, 0.6) is 5.75 Å². The van der Waals surface area contributed by atoms with Gasteiger partial charge < -0.3 is 19.5 Å². The van der Waals surface area contributed by atoms with Gasteiger partial charge in [0.25, 0.3) is 0 Å². The summed E-state index contributed by atoms with van der Waals surface area (Å²) in [6, 6.07) is 10.9. The number of nitrogens with zero attached hydrogens (tertiary/aromatic N) is 4. The molecule has 3 heterocycles. The average molecular weight is 408 g/mol. The molecule has 0 radical (unpaired) electrons. The van der Waals surface area contributed by atoms with Crippen LogP contribution in [0.1, 0.15) is 23.2 Å². The van der Waals surface area contributed by atoms with Crippen LogP contribution >= 0.6 is 0 Å². The largest absolute Gasteiger partial charge is 0.488 e. The minimum absolute atomic E-state index is 0.303. The maximum Gasteiger partial charge on any atom is 0.337 e. The molecule has 1 saturated carbocycles. The Morgan fingerprint density at radius 1 is 1.17 bits per heavy atom. The first kappa shape index (κ1) is 18.9. The number of anilines is 1. The van der Waals surface area contributed by atoms with Crippen LogP contribution in [0.2, 0.25) is 0 Å². The normalized spacial score (nSPS) is 25.9. The van der Waals surface area contributed by atoms with Gasteiger partial charge in [-0.25, -0.2) is 14.3 Å². The molecule has 30 heavy (non-hydrogen) atoms. The molecular weight excluding hydrogens is 384 g/mol. The molecule has 1 aromatic carbocycles. The highest BCUT2D eigenvalue weighted by Gasteiger charge is 2.43. The van der Waals surface area contributed by atoms with E-state index in [1.807, 2.05) is 18.3 Å². The molecule has 3 aromatic rings. The van der Waals surface area contributed by atoms with Crippen LogP contribution in [0.4, 0.5) is 5.82 Å². The van der Waals surface area contributed by atoms with Gasteiger partial charge in [0.05, 0.1) is 18.8 Å². The summed E-state index contributed by atoms with van der Waals surface area (Å²) in [6.45, 7) is 1.76. The summed E-state index contributed by atoms with van der Waals surface area (Å²) >= 11 is 0. The molecule has 0 amide bonds. The molecule has 1 aliphatic heterocycles. The highest BCUT2D eigenvalue weighted by molar-refractivity contribution is 5.89. The van der Waals surface area contributed by atoms with E-state index in [1.54, 1.807) is 35.0 Å². The Bertz CT molecular complexity index is 1070. The fraction of sp³-hybridized carbons (Fsp3) is 0.409. The molecule has 156 valence electrons. The third-order valence-corrected chi connectivity index (χ3v) is 6.19. The molecule has 2 aliphatic rings. The van der Waals surface area contributed by atoms with E-state index in [1.165, 1.54) is 7.11 Å². The Morgan fingerprint density at radius 3 is 2.83 bits per heavy atom. The van der Waals surface area contributed by atoms with Crippen molar-refractivity contribution < 1.29 is 19.4 Å². The van der Waals surface area contributed by atoms with Crippen molar-refractivity contribution in [3.8, 4) is 5.75 Å². The monoisotopic (exact) mass is 408 g/mol. The van der Waals surface area contributed by atoms with E-state index in [9.17, 15) is 9.90 Å². The van der Waals surface area contributed by atoms with Crippen LogP contribution in [0.3, 0.4) is 0 Å². The predicted molar refractivity (Wildman–Crippen MR) is 110 cm³/mol. The van der Waals surface area contributed by atoms with Crippen molar-refractivity contribution >= 4 is 17.4 Å². The van der Waals surface area contributed by atoms with Gasteiger partial charge in [-0.15, -0.1) is 5.10 Å². The van der Waals surface area contributed by atoms with Crippen LogP contribution in [0, 0.1) is 11.8 Å². The summed E-state index contributed by atoms with van der Waals surface area (Å²) in [5, 5.41) is 15.4. The van der Waals surface area contributed by atoms with Gasteiger partial charge in [-0.05, 0) is 55.0 Å². The van der Waals surface area contributed by atoms with E-state index in [4.69, 9.17) is 9.47 Å². The number of carbonyl (C=O) groups is 1. The van der Waals surface area contributed by atoms with Gasteiger partial charge in [-0.1, -0.05) is 6.07 Å². The number of imidazole rings is 1. The number of methoxy groups -OCH3 is 1. The molecule has 1 aliphatic carbocycles. The molecule has 1 N–H and O–H groups in total. The van der Waals surface area contributed by atoms with Gasteiger partial charge in [0.2, 0.25) is 0 Å². The fourth-order valence-corrected chi connectivity index (χ4v) is 4.67. The Morgan fingerprint density at radius 2 is 2.00 bits per heavy atom. The molecule has 4 atom stereocenters. The number of aliphatic hydroxyl groups is 1. The molecule has 5 rings (SSSR count). The van der Waals surface area contributed by atoms with Crippen molar-refractivity contribution in [1.29, 1.82) is 0 Å². The Hall–Kier alpha value is -3.13. The second-order valence-electron chi connectivity index (χ2n) is 8.06. The van der Waals surface area contributed by atoms with Crippen molar-refractivity contribution in [3.05, 3.63) is 54.4 Å². The molecule has 0 bridgehead atoms. The lowest BCUT2D eigenvalue weighted by Gasteiger charge is -2.35.